The Kier molecular flexibility index (Phi) is 48.7. The van der Waals surface area contributed by atoms with Crippen LogP contribution >= 0.6 is 45.3 Å². The molecule has 1 amide bonds. The Morgan fingerprint density at radius 2 is 0.928 bits per heavy atom. The van der Waals surface area contributed by atoms with Gasteiger partial charge in [0.1, 0.15) is 46.0 Å². The zero-order chi connectivity index (χ0) is 107. The monoisotopic (exact) mass is 1990 g/mol. The predicted molar refractivity (Wildman–Crippen MR) is 595 cm³/mol. The summed E-state index contributed by atoms with van der Waals surface area (Å²) < 4.78 is 17.5. The molecule has 0 spiro atoms. The van der Waals surface area contributed by atoms with Gasteiger partial charge in [-0.05, 0) is 180 Å². The maximum absolute atomic E-state index is 11.6. The van der Waals surface area contributed by atoms with Gasteiger partial charge in [-0.2, -0.15) is 10.1 Å². The van der Waals surface area contributed by atoms with Gasteiger partial charge in [0, 0.05) is 159 Å². The Labute approximate surface area is 855 Å². The summed E-state index contributed by atoms with van der Waals surface area (Å²) >= 11 is 6.67. The maximum atomic E-state index is 11.6. The van der Waals surface area contributed by atoms with E-state index in [1.54, 1.807) is 77.0 Å². The van der Waals surface area contributed by atoms with Gasteiger partial charge in [0.15, 0.2) is 5.13 Å². The first-order chi connectivity index (χ1) is 63.1. The molecule has 0 aliphatic heterocycles. The van der Waals surface area contributed by atoms with Gasteiger partial charge >= 0.3 is 6.09 Å². The molecule has 0 saturated heterocycles. The number of anilines is 7. The number of nitrogens with zero attached hydrogens (tertiary/aromatic N) is 15. The molecule has 0 radical (unpaired) electrons. The second-order valence-electron chi connectivity index (χ2n) is 48.3. The van der Waals surface area contributed by atoms with Crippen molar-refractivity contribution >= 4 is 91.0 Å². The highest BCUT2D eigenvalue weighted by Crippen LogP contribution is 2.35. The summed E-state index contributed by atoms with van der Waals surface area (Å²) in [5, 5.41) is 40.8. The van der Waals surface area contributed by atoms with Crippen molar-refractivity contribution in [2.24, 2.45) is 0 Å². The molecule has 26 nitrogen and oxygen atoms in total. The molecular formula is C109H182N22O4S4. The Morgan fingerprint density at radius 3 is 1.29 bits per heavy atom. The number of oxazole rings is 1. The third-order valence-electron chi connectivity index (χ3n) is 18.6. The quantitative estimate of drug-likeness (QED) is 0.0597. The number of hydrogen-bond acceptors (Lipinski definition) is 28. The van der Waals surface area contributed by atoms with E-state index < -0.39 is 11.7 Å². The first-order valence-corrected chi connectivity index (χ1v) is 51.9. The van der Waals surface area contributed by atoms with Crippen LogP contribution in [0.15, 0.2) is 113 Å². The number of ether oxygens (including phenoxy) is 2. The van der Waals surface area contributed by atoms with Gasteiger partial charge in [0.05, 0.1) is 46.1 Å². The Morgan fingerprint density at radius 1 is 0.439 bits per heavy atom. The molecule has 139 heavy (non-hydrogen) atoms. The van der Waals surface area contributed by atoms with Crippen molar-refractivity contribution in [2.45, 2.75) is 441 Å². The Hall–Kier alpha value is -9.65. The van der Waals surface area contributed by atoms with E-state index in [1.807, 2.05) is 113 Å². The van der Waals surface area contributed by atoms with Crippen LogP contribution in [0.25, 0.3) is 0 Å². The number of pyridine rings is 3. The highest BCUT2D eigenvalue weighted by atomic mass is 32.1. The number of carbonyl (C=O) groups is 1. The van der Waals surface area contributed by atoms with Gasteiger partial charge in [-0.25, -0.2) is 44.7 Å². The highest BCUT2D eigenvalue weighted by Gasteiger charge is 2.28. The third-order valence-corrected chi connectivity index (χ3v) is 23.0. The fraction of sp³-hybridized carbons (Fsp3) is 0.624. The summed E-state index contributed by atoms with van der Waals surface area (Å²) in [7, 11) is 1.64. The molecule has 0 bridgehead atoms. The number of carbonyl (C=O) groups excluding carboxylic acids is 1. The molecule has 0 unspecified atom stereocenters. The molecule has 12 rings (SSSR count). The Balaban J connectivity index is 0.000000519. The van der Waals surface area contributed by atoms with Crippen LogP contribution < -0.4 is 42.4 Å². The fourth-order valence-electron chi connectivity index (χ4n) is 10.8. The lowest BCUT2D eigenvalue weighted by Crippen LogP contribution is -2.27. The SMILES string of the molecule is CC(C)(C)OC(=O)Nc1cccc(C(C)(C)C)n1.CC(C)(C)c1cccc(N)n1.CC(C)(C)c1coc(NC2CC2)n1.CC(C)Nc1cccc(C(C)(C)C)n1.CC(C)Nc1ccn(C(C)(C)C)n1.CC(C)Nc1nnc(C(C)(C)C)s1.COc1nc(C(C)(C)C)cs1.Cc1ccnc(C(C)(C)C)n1.Cc1cncc(C(C)(C)C)n1.Cc1csc(C(C)(C)C)n1.Cc1sc(NC(C)C)nc1C(C)(C)C. The van der Waals surface area contributed by atoms with E-state index in [1.165, 1.54) is 28.4 Å². The van der Waals surface area contributed by atoms with E-state index in [4.69, 9.17) is 19.6 Å². The first-order valence-electron chi connectivity index (χ1n) is 48.5. The topological polar surface area (TPSA) is 332 Å². The average Bonchev–Trinajstić information content (AvgIpc) is 1.77. The van der Waals surface area contributed by atoms with Crippen LogP contribution in [0, 0.1) is 27.7 Å². The van der Waals surface area contributed by atoms with Gasteiger partial charge in [-0.3, -0.25) is 20.0 Å². The number of methoxy groups -OCH3 is 1. The molecular weight excluding hydrogens is 1810 g/mol. The molecule has 11 aromatic heterocycles. The predicted octanol–water partition coefficient (Wildman–Crippen LogP) is 29.5. The smallest absolute Gasteiger partial charge is 0.413 e. The molecule has 8 N–H and O–H groups in total. The van der Waals surface area contributed by atoms with Crippen LogP contribution in [-0.2, 0) is 64.4 Å². The number of hydrogen-bond donors (Lipinski definition) is 7. The normalized spacial score (nSPS) is 12.4. The summed E-state index contributed by atoms with van der Waals surface area (Å²) in [6.45, 7) is 101. The van der Waals surface area contributed by atoms with Crippen molar-refractivity contribution in [3.05, 3.63) is 186 Å². The summed E-state index contributed by atoms with van der Waals surface area (Å²) in [5.74, 6) is 3.93. The summed E-state index contributed by atoms with van der Waals surface area (Å²) in [5.41, 5.74) is 16.7. The van der Waals surface area contributed by atoms with E-state index in [9.17, 15) is 4.79 Å². The molecule has 11 aromatic rings. The van der Waals surface area contributed by atoms with Gasteiger partial charge < -0.3 is 46.2 Å². The number of nitrogen functional groups attached to an aromatic ring is 1. The van der Waals surface area contributed by atoms with E-state index in [0.717, 1.165) is 89.2 Å². The van der Waals surface area contributed by atoms with Gasteiger partial charge in [0.2, 0.25) is 5.13 Å². The van der Waals surface area contributed by atoms with E-state index in [2.05, 4.69) is 410 Å². The van der Waals surface area contributed by atoms with Crippen LogP contribution in [-0.4, -0.2) is 124 Å². The van der Waals surface area contributed by atoms with Crippen molar-refractivity contribution in [3.63, 3.8) is 0 Å². The Bertz CT molecular complexity index is 5090. The average molecular weight is 1990 g/mol. The number of nitrogens with two attached hydrogens (primary N) is 1. The second-order valence-corrected chi connectivity index (χ2v) is 52.1. The molecule has 1 fully saturated rings. The van der Waals surface area contributed by atoms with Crippen LogP contribution in [0.4, 0.5) is 44.3 Å². The van der Waals surface area contributed by atoms with E-state index in [-0.39, 0.29) is 59.7 Å². The molecule has 776 valence electrons. The largest absolute Gasteiger partial charge is 0.473 e. The second kappa shape index (κ2) is 54.0. The van der Waals surface area contributed by atoms with Crippen LogP contribution in [0.1, 0.15) is 395 Å². The molecule has 0 aromatic carbocycles. The lowest BCUT2D eigenvalue weighted by Gasteiger charge is -2.21. The van der Waals surface area contributed by atoms with E-state index >= 15 is 0 Å². The molecule has 30 heteroatoms. The van der Waals surface area contributed by atoms with Crippen molar-refractivity contribution in [2.75, 3.05) is 44.7 Å². The van der Waals surface area contributed by atoms with Gasteiger partial charge in [-0.15, -0.1) is 32.9 Å². The van der Waals surface area contributed by atoms with Crippen molar-refractivity contribution < 1.29 is 18.7 Å². The van der Waals surface area contributed by atoms with Crippen LogP contribution in [0.2, 0.25) is 0 Å². The van der Waals surface area contributed by atoms with Gasteiger partial charge in [-0.1, -0.05) is 249 Å². The zero-order valence-corrected chi connectivity index (χ0v) is 98.0. The molecule has 11 heterocycles. The molecule has 1 saturated carbocycles. The minimum atomic E-state index is -0.508. The number of aromatic nitrogens is 15. The number of rotatable bonds is 12. The standard InChI is InChI=1S/C14H22N2O2.C12H20N2.C11H20N2S.C10H19N3.C10H16N2O.C9H17N3S.3C9H14N2.C8H13NOS.C8H13NS/c1-13(2,3)10-8-7-9-11(15-10)16-12(17)18-14(4,5)6;1-9(2)13-11-8-6-7-10(14-11)12(3,4)5;1-7(2)12-10-13-9(8(3)14-10)11(4,5)6;1-8(2)11-9-6-7-13(12-9)10(3,4)5;1-10(2,3)8-6-13-9(12-8)11-7-4-5-7;1-6(2)10-8-12-11-7(13-8)9(3,4)5;1-7-5-10-6-8(11-7)9(2,3)4;1-7-5-6-10-8(11-7)9(2,3)4;1-9(2,3)7-5-4-6-8(10)11-7;1-8(2,3)6-5-11-7(9-6)10-4;1-6-5-10-7(9-6)8(2,3)4/h7-9H,1-6H3,(H,15,16,17);6-9H,1-5H3,(H,13,14);7H,1-6H3,(H,12,13);6-8H,1-5H3,(H,11,12);6-7H,4-5H2,1-3H3,(H,11,12);6H,1-5H3,(H,10,12);2*5-6H,1-4H3;4-6H,1-3H3,(H2,10,11);5H,1-4H3;5H,1-4H3. The highest BCUT2D eigenvalue weighted by molar-refractivity contribution is 7.16. The number of nitrogens with one attached hydrogen (secondary N) is 6. The number of amides is 1. The first kappa shape index (κ1) is 125. The molecule has 0 atom stereocenters. The van der Waals surface area contributed by atoms with Crippen molar-refractivity contribution in [3.8, 4) is 5.19 Å². The molecule has 1 aliphatic rings. The molecule has 1 aliphatic carbocycles. The summed E-state index contributed by atoms with van der Waals surface area (Å²) in [6.07, 6.45) is 11.2. The number of thiazole rings is 3. The maximum Gasteiger partial charge on any atom is 0.413 e. The van der Waals surface area contributed by atoms with Gasteiger partial charge in [0.25, 0.3) is 11.2 Å². The fourth-order valence-corrected chi connectivity index (χ4v) is 14.7. The lowest BCUT2D eigenvalue weighted by atomic mass is 9.92. The summed E-state index contributed by atoms with van der Waals surface area (Å²) in [6, 6.07) is 24.4. The van der Waals surface area contributed by atoms with Crippen molar-refractivity contribution in [1.82, 2.24) is 74.8 Å². The minimum absolute atomic E-state index is 0.0500. The summed E-state index contributed by atoms with van der Waals surface area (Å²) in [4.78, 5) is 60.8. The van der Waals surface area contributed by atoms with E-state index in [0.29, 0.717) is 47.9 Å². The zero-order valence-electron chi connectivity index (χ0n) is 94.7. The number of aryl methyl sites for hydroxylation is 4. The van der Waals surface area contributed by atoms with Crippen LogP contribution in [0.5, 0.6) is 5.19 Å². The van der Waals surface area contributed by atoms with Crippen LogP contribution in [0.3, 0.4) is 0 Å². The minimum Gasteiger partial charge on any atom is -0.473 e. The lowest BCUT2D eigenvalue weighted by molar-refractivity contribution is 0.0635. The van der Waals surface area contributed by atoms with Crippen molar-refractivity contribution in [1.29, 1.82) is 0 Å². The third kappa shape index (κ3) is 52.6.